The highest BCUT2D eigenvalue weighted by molar-refractivity contribution is 7.99. The Labute approximate surface area is 106 Å². The summed E-state index contributed by atoms with van der Waals surface area (Å²) in [5.74, 6) is 1.03. The minimum absolute atomic E-state index is 0.673. The summed E-state index contributed by atoms with van der Waals surface area (Å²) in [6.45, 7) is 6.98. The Balaban J connectivity index is 2.22. The van der Waals surface area contributed by atoms with Gasteiger partial charge in [-0.2, -0.15) is 11.8 Å². The highest BCUT2D eigenvalue weighted by Gasteiger charge is 2.03. The van der Waals surface area contributed by atoms with Gasteiger partial charge in [-0.25, -0.2) is 4.98 Å². The zero-order valence-corrected chi connectivity index (χ0v) is 11.8. The first kappa shape index (κ1) is 14.0. The quantitative estimate of drug-likeness (QED) is 0.728. The monoisotopic (exact) mass is 260 g/mol. The lowest BCUT2D eigenvalue weighted by atomic mass is 10.5. The normalized spacial score (nSPS) is 11.2. The van der Waals surface area contributed by atoms with E-state index in [4.69, 9.17) is 4.74 Å². The van der Waals surface area contributed by atoms with E-state index in [1.807, 2.05) is 18.0 Å². The number of hydrogen-bond donors (Lipinski definition) is 1. The van der Waals surface area contributed by atoms with Gasteiger partial charge in [0.05, 0.1) is 6.61 Å². The molecule has 0 bridgehead atoms. The summed E-state index contributed by atoms with van der Waals surface area (Å²) in [5, 5.41) is 5.22. The van der Waals surface area contributed by atoms with Crippen LogP contribution in [0.1, 0.15) is 23.7 Å². The van der Waals surface area contributed by atoms with Crippen LogP contribution >= 0.6 is 23.1 Å². The molecular weight excluding hydrogens is 240 g/mol. The molecule has 1 aromatic rings. The van der Waals surface area contributed by atoms with Crippen LogP contribution in [0.15, 0.2) is 6.20 Å². The molecule has 16 heavy (non-hydrogen) atoms. The molecule has 0 amide bonds. The van der Waals surface area contributed by atoms with Crippen molar-refractivity contribution in [3.63, 3.8) is 0 Å². The third-order valence-electron chi connectivity index (χ3n) is 1.92. The molecule has 1 heterocycles. The van der Waals surface area contributed by atoms with Gasteiger partial charge in [-0.15, -0.1) is 11.3 Å². The van der Waals surface area contributed by atoms with Crippen molar-refractivity contribution in [2.75, 3.05) is 20.3 Å². The Hall–Kier alpha value is -0.100. The molecule has 0 aliphatic heterocycles. The second kappa shape index (κ2) is 8.06. The molecule has 92 valence electrons. The van der Waals surface area contributed by atoms with E-state index in [1.165, 1.54) is 9.88 Å². The van der Waals surface area contributed by atoms with Crippen LogP contribution in [0.5, 0.6) is 0 Å². The topological polar surface area (TPSA) is 34.1 Å². The lowest BCUT2D eigenvalue weighted by Crippen LogP contribution is -2.17. The maximum absolute atomic E-state index is 4.97. The Morgan fingerprint density at radius 2 is 2.38 bits per heavy atom. The Morgan fingerprint density at radius 3 is 3.06 bits per heavy atom. The van der Waals surface area contributed by atoms with Crippen LogP contribution < -0.4 is 5.32 Å². The van der Waals surface area contributed by atoms with Gasteiger partial charge in [0, 0.05) is 37.0 Å². The van der Waals surface area contributed by atoms with E-state index in [-0.39, 0.29) is 0 Å². The van der Waals surface area contributed by atoms with Crippen molar-refractivity contribution < 1.29 is 4.74 Å². The summed E-state index contributed by atoms with van der Waals surface area (Å²) in [5.41, 5.74) is 0. The first-order valence-corrected chi connectivity index (χ1v) is 7.33. The van der Waals surface area contributed by atoms with E-state index in [1.54, 1.807) is 18.4 Å². The Kier molecular flexibility index (Phi) is 7.03. The molecule has 0 aromatic carbocycles. The van der Waals surface area contributed by atoms with Crippen molar-refractivity contribution in [3.8, 4) is 0 Å². The van der Waals surface area contributed by atoms with Gasteiger partial charge in [0.1, 0.15) is 5.01 Å². The number of rotatable bonds is 8. The lowest BCUT2D eigenvalue weighted by Gasteiger charge is -2.01. The van der Waals surface area contributed by atoms with Crippen LogP contribution in [0.25, 0.3) is 0 Å². The molecule has 1 N–H and O–H groups in total. The molecule has 0 spiro atoms. The standard InChI is InChI=1S/C11H20N2OS2/c1-9(2)15-8-11-13-7-10(16-11)6-12-4-5-14-3/h7,9,12H,4-6,8H2,1-3H3. The van der Waals surface area contributed by atoms with Crippen molar-refractivity contribution in [2.24, 2.45) is 0 Å². The largest absolute Gasteiger partial charge is 0.383 e. The van der Waals surface area contributed by atoms with E-state index >= 15 is 0 Å². The molecule has 0 saturated heterocycles. The van der Waals surface area contributed by atoms with Gasteiger partial charge in [-0.3, -0.25) is 0 Å². The second-order valence-corrected chi connectivity index (χ2v) is 6.51. The first-order valence-electron chi connectivity index (χ1n) is 5.47. The molecule has 0 radical (unpaired) electrons. The van der Waals surface area contributed by atoms with Gasteiger partial charge < -0.3 is 10.1 Å². The molecule has 1 aromatic heterocycles. The predicted octanol–water partition coefficient (Wildman–Crippen LogP) is 2.52. The molecule has 0 saturated carbocycles. The summed E-state index contributed by atoms with van der Waals surface area (Å²) in [6.07, 6.45) is 1.97. The van der Waals surface area contributed by atoms with Crippen LogP contribution in [-0.2, 0) is 17.0 Å². The average molecular weight is 260 g/mol. The van der Waals surface area contributed by atoms with E-state index in [0.717, 1.165) is 25.4 Å². The number of methoxy groups -OCH3 is 1. The molecule has 0 fully saturated rings. The van der Waals surface area contributed by atoms with Gasteiger partial charge in [0.15, 0.2) is 0 Å². The number of thioether (sulfide) groups is 1. The molecule has 0 atom stereocenters. The fraction of sp³-hybridized carbons (Fsp3) is 0.727. The van der Waals surface area contributed by atoms with Gasteiger partial charge in [0.2, 0.25) is 0 Å². The highest BCUT2D eigenvalue weighted by Crippen LogP contribution is 2.21. The van der Waals surface area contributed by atoms with Gasteiger partial charge in [-0.1, -0.05) is 13.8 Å². The maximum Gasteiger partial charge on any atom is 0.103 e. The summed E-state index contributed by atoms with van der Waals surface area (Å²) < 4.78 is 4.97. The molecule has 0 aliphatic carbocycles. The highest BCUT2D eigenvalue weighted by atomic mass is 32.2. The van der Waals surface area contributed by atoms with Crippen molar-refractivity contribution in [2.45, 2.75) is 31.4 Å². The SMILES string of the molecule is COCCNCc1cnc(CSC(C)C)s1. The third kappa shape index (κ3) is 5.84. The summed E-state index contributed by atoms with van der Waals surface area (Å²) >= 11 is 3.73. The molecular formula is C11H20N2OS2. The second-order valence-electron chi connectivity index (χ2n) is 3.75. The van der Waals surface area contributed by atoms with Crippen molar-refractivity contribution in [3.05, 3.63) is 16.1 Å². The van der Waals surface area contributed by atoms with Crippen molar-refractivity contribution >= 4 is 23.1 Å². The van der Waals surface area contributed by atoms with Gasteiger partial charge >= 0.3 is 0 Å². The number of nitrogens with zero attached hydrogens (tertiary/aromatic N) is 1. The van der Waals surface area contributed by atoms with Crippen LogP contribution in [0.4, 0.5) is 0 Å². The van der Waals surface area contributed by atoms with E-state index in [9.17, 15) is 0 Å². The smallest absolute Gasteiger partial charge is 0.103 e. The van der Waals surface area contributed by atoms with E-state index in [2.05, 4.69) is 24.1 Å². The third-order valence-corrected chi connectivity index (χ3v) is 4.21. The van der Waals surface area contributed by atoms with E-state index in [0.29, 0.717) is 5.25 Å². The number of ether oxygens (including phenoxy) is 1. The van der Waals surface area contributed by atoms with Crippen LogP contribution in [0, 0.1) is 0 Å². The minimum atomic E-state index is 0.673. The minimum Gasteiger partial charge on any atom is -0.383 e. The molecule has 0 unspecified atom stereocenters. The van der Waals surface area contributed by atoms with Crippen molar-refractivity contribution in [1.29, 1.82) is 0 Å². The van der Waals surface area contributed by atoms with Gasteiger partial charge in [-0.05, 0) is 5.25 Å². The Bertz CT molecular complexity index is 289. The molecule has 1 rings (SSSR count). The summed E-state index contributed by atoms with van der Waals surface area (Å²) in [6, 6.07) is 0. The number of hydrogen-bond acceptors (Lipinski definition) is 5. The zero-order chi connectivity index (χ0) is 11.8. The molecule has 3 nitrogen and oxygen atoms in total. The van der Waals surface area contributed by atoms with Gasteiger partial charge in [0.25, 0.3) is 0 Å². The number of aromatic nitrogens is 1. The fourth-order valence-electron chi connectivity index (χ4n) is 1.12. The fourth-order valence-corrected chi connectivity index (χ4v) is 2.80. The predicted molar refractivity (Wildman–Crippen MR) is 72.1 cm³/mol. The van der Waals surface area contributed by atoms with Crippen LogP contribution in [0.3, 0.4) is 0 Å². The number of nitrogens with one attached hydrogen (secondary N) is 1. The lowest BCUT2D eigenvalue weighted by molar-refractivity contribution is 0.199. The molecule has 0 aliphatic rings. The summed E-state index contributed by atoms with van der Waals surface area (Å²) in [4.78, 5) is 5.71. The molecule has 5 heteroatoms. The first-order chi connectivity index (χ1) is 7.72. The number of thiazole rings is 1. The van der Waals surface area contributed by atoms with E-state index < -0.39 is 0 Å². The van der Waals surface area contributed by atoms with Crippen molar-refractivity contribution in [1.82, 2.24) is 10.3 Å². The Morgan fingerprint density at radius 1 is 1.56 bits per heavy atom. The van der Waals surface area contributed by atoms with Crippen LogP contribution in [0.2, 0.25) is 0 Å². The van der Waals surface area contributed by atoms with Crippen LogP contribution in [-0.4, -0.2) is 30.5 Å². The average Bonchev–Trinajstić information content (AvgIpc) is 2.70. The maximum atomic E-state index is 4.97. The summed E-state index contributed by atoms with van der Waals surface area (Å²) in [7, 11) is 1.72. The zero-order valence-electron chi connectivity index (χ0n) is 10.2.